The van der Waals surface area contributed by atoms with Crippen molar-refractivity contribution in [3.05, 3.63) is 23.0 Å². The Balaban J connectivity index is 2.75. The van der Waals surface area contributed by atoms with Crippen molar-refractivity contribution in [2.75, 3.05) is 5.73 Å². The van der Waals surface area contributed by atoms with Crippen LogP contribution in [0.3, 0.4) is 0 Å². The highest BCUT2D eigenvalue weighted by Crippen LogP contribution is 2.15. The largest absolute Gasteiger partial charge is 0.397 e. The molecule has 0 aliphatic carbocycles. The summed E-state index contributed by atoms with van der Waals surface area (Å²) in [5.74, 6) is -0.773. The van der Waals surface area contributed by atoms with E-state index in [4.69, 9.17) is 17.3 Å². The highest BCUT2D eigenvalue weighted by molar-refractivity contribution is 6.32. The maximum Gasteiger partial charge on any atom is 0.255 e. The van der Waals surface area contributed by atoms with Crippen LogP contribution in [0, 0.1) is 0 Å². The molecule has 4 N–H and O–H groups in total. The van der Waals surface area contributed by atoms with Crippen molar-refractivity contribution in [3.8, 4) is 0 Å². The van der Waals surface area contributed by atoms with Crippen molar-refractivity contribution in [2.24, 2.45) is 0 Å². The first kappa shape index (κ1) is 16.2. The summed E-state index contributed by atoms with van der Waals surface area (Å²) in [6.45, 7) is 7.17. The molecule has 1 rings (SSSR count). The standard InChI is InChI=1S/C13H19ClN4O2/c1-7(11(19)18-13(2,3)4)17-12(20)9-5-8(15)6-16-10(9)14/h5-7H,15H2,1-4H3,(H,17,20)(H,18,19). The zero-order valence-corrected chi connectivity index (χ0v) is 12.7. The molecule has 1 aromatic rings. The summed E-state index contributed by atoms with van der Waals surface area (Å²) < 4.78 is 0. The number of carbonyl (C=O) groups is 2. The summed E-state index contributed by atoms with van der Waals surface area (Å²) in [6, 6.07) is 0.721. The average molecular weight is 299 g/mol. The fraction of sp³-hybridized carbons (Fsp3) is 0.462. The van der Waals surface area contributed by atoms with Crippen LogP contribution in [0.15, 0.2) is 12.3 Å². The van der Waals surface area contributed by atoms with Crippen LogP contribution in [-0.4, -0.2) is 28.4 Å². The fourth-order valence-corrected chi connectivity index (χ4v) is 1.63. The first-order valence-electron chi connectivity index (χ1n) is 6.14. The van der Waals surface area contributed by atoms with Crippen LogP contribution >= 0.6 is 11.6 Å². The third-order valence-electron chi connectivity index (χ3n) is 2.34. The van der Waals surface area contributed by atoms with Crippen LogP contribution in [0.1, 0.15) is 38.1 Å². The second-order valence-corrected chi connectivity index (χ2v) is 5.90. The van der Waals surface area contributed by atoms with Gasteiger partial charge in [0.25, 0.3) is 5.91 Å². The Bertz CT molecular complexity index is 526. The van der Waals surface area contributed by atoms with E-state index in [0.29, 0.717) is 5.69 Å². The number of aromatic nitrogens is 1. The number of anilines is 1. The van der Waals surface area contributed by atoms with Gasteiger partial charge in [0.05, 0.1) is 17.4 Å². The van der Waals surface area contributed by atoms with Gasteiger partial charge in [-0.3, -0.25) is 9.59 Å². The first-order valence-corrected chi connectivity index (χ1v) is 6.52. The molecule has 0 saturated carbocycles. The molecule has 6 nitrogen and oxygen atoms in total. The van der Waals surface area contributed by atoms with Gasteiger partial charge in [-0.2, -0.15) is 0 Å². The molecule has 110 valence electrons. The lowest BCUT2D eigenvalue weighted by Gasteiger charge is -2.23. The Hall–Kier alpha value is -1.82. The molecule has 0 aliphatic heterocycles. The van der Waals surface area contributed by atoms with E-state index in [0.717, 1.165) is 0 Å². The number of nitrogens with two attached hydrogens (primary N) is 1. The summed E-state index contributed by atoms with van der Waals surface area (Å²) in [6.07, 6.45) is 1.36. The Morgan fingerprint density at radius 2 is 2.00 bits per heavy atom. The van der Waals surface area contributed by atoms with Gasteiger partial charge in [0, 0.05) is 5.54 Å². The molecule has 1 heterocycles. The quantitative estimate of drug-likeness (QED) is 0.734. The van der Waals surface area contributed by atoms with E-state index in [1.165, 1.54) is 12.3 Å². The van der Waals surface area contributed by atoms with Gasteiger partial charge in [0.2, 0.25) is 5.91 Å². The molecule has 20 heavy (non-hydrogen) atoms. The number of nitrogen functional groups attached to an aromatic ring is 1. The number of nitrogens with zero attached hydrogens (tertiary/aromatic N) is 1. The lowest BCUT2D eigenvalue weighted by atomic mass is 10.1. The molecule has 0 saturated heterocycles. The van der Waals surface area contributed by atoms with E-state index in [1.807, 2.05) is 20.8 Å². The van der Waals surface area contributed by atoms with Crippen LogP contribution in [0.4, 0.5) is 5.69 Å². The molecule has 0 fully saturated rings. The van der Waals surface area contributed by atoms with E-state index in [2.05, 4.69) is 15.6 Å². The molecular weight excluding hydrogens is 280 g/mol. The number of hydrogen-bond donors (Lipinski definition) is 3. The smallest absolute Gasteiger partial charge is 0.255 e. The summed E-state index contributed by atoms with van der Waals surface area (Å²) in [5.41, 5.74) is 5.66. The molecule has 0 bridgehead atoms. The minimum Gasteiger partial charge on any atom is -0.397 e. The Morgan fingerprint density at radius 1 is 1.40 bits per heavy atom. The van der Waals surface area contributed by atoms with Crippen LogP contribution in [-0.2, 0) is 4.79 Å². The van der Waals surface area contributed by atoms with Gasteiger partial charge in [-0.05, 0) is 33.8 Å². The second kappa shape index (κ2) is 6.09. The van der Waals surface area contributed by atoms with Crippen molar-refractivity contribution in [2.45, 2.75) is 39.3 Å². The summed E-state index contributed by atoms with van der Waals surface area (Å²) >= 11 is 5.83. The minimum absolute atomic E-state index is 0.0418. The van der Waals surface area contributed by atoms with Crippen molar-refractivity contribution in [1.82, 2.24) is 15.6 Å². The molecule has 1 aromatic heterocycles. The monoisotopic (exact) mass is 298 g/mol. The average Bonchev–Trinajstić information content (AvgIpc) is 2.29. The maximum absolute atomic E-state index is 12.0. The van der Waals surface area contributed by atoms with Gasteiger partial charge in [-0.15, -0.1) is 0 Å². The summed E-state index contributed by atoms with van der Waals surface area (Å²) in [7, 11) is 0. The molecule has 1 unspecified atom stereocenters. The minimum atomic E-state index is -0.695. The topological polar surface area (TPSA) is 97.1 Å². The highest BCUT2D eigenvalue weighted by Gasteiger charge is 2.22. The van der Waals surface area contributed by atoms with Crippen LogP contribution in [0.2, 0.25) is 5.15 Å². The predicted octanol–water partition coefficient (Wildman–Crippen LogP) is 1.35. The van der Waals surface area contributed by atoms with Gasteiger partial charge < -0.3 is 16.4 Å². The lowest BCUT2D eigenvalue weighted by molar-refractivity contribution is -0.124. The Morgan fingerprint density at radius 3 is 2.55 bits per heavy atom. The number of rotatable bonds is 3. The molecule has 2 amide bonds. The van der Waals surface area contributed by atoms with Gasteiger partial charge in [0.1, 0.15) is 11.2 Å². The summed E-state index contributed by atoms with van der Waals surface area (Å²) in [5, 5.41) is 5.37. The van der Waals surface area contributed by atoms with Gasteiger partial charge in [0.15, 0.2) is 0 Å². The van der Waals surface area contributed by atoms with E-state index in [-0.39, 0.29) is 22.2 Å². The van der Waals surface area contributed by atoms with E-state index in [1.54, 1.807) is 6.92 Å². The van der Waals surface area contributed by atoms with Crippen LogP contribution < -0.4 is 16.4 Å². The number of amides is 2. The van der Waals surface area contributed by atoms with E-state index >= 15 is 0 Å². The van der Waals surface area contributed by atoms with Gasteiger partial charge >= 0.3 is 0 Å². The Labute approximate surface area is 123 Å². The number of halogens is 1. The lowest BCUT2D eigenvalue weighted by Crippen LogP contribution is -2.50. The van der Waals surface area contributed by atoms with Crippen LogP contribution in [0.25, 0.3) is 0 Å². The van der Waals surface area contributed by atoms with Gasteiger partial charge in [-0.25, -0.2) is 4.98 Å². The third-order valence-corrected chi connectivity index (χ3v) is 2.65. The molecule has 0 aliphatic rings. The van der Waals surface area contributed by atoms with Crippen molar-refractivity contribution < 1.29 is 9.59 Å². The first-order chi connectivity index (χ1) is 9.10. The van der Waals surface area contributed by atoms with Crippen molar-refractivity contribution >= 4 is 29.1 Å². The zero-order valence-electron chi connectivity index (χ0n) is 12.0. The number of hydrogen-bond acceptors (Lipinski definition) is 4. The molecular formula is C13H19ClN4O2. The SMILES string of the molecule is CC(NC(=O)c1cc(N)cnc1Cl)C(=O)NC(C)(C)C. The number of nitrogens with one attached hydrogen (secondary N) is 2. The van der Waals surface area contributed by atoms with E-state index in [9.17, 15) is 9.59 Å². The number of carbonyl (C=O) groups excluding carboxylic acids is 2. The Kier molecular flexibility index (Phi) is 4.94. The zero-order chi connectivity index (χ0) is 15.5. The molecule has 0 spiro atoms. The second-order valence-electron chi connectivity index (χ2n) is 5.54. The maximum atomic E-state index is 12.0. The fourth-order valence-electron chi connectivity index (χ4n) is 1.44. The predicted molar refractivity (Wildman–Crippen MR) is 78.5 cm³/mol. The normalized spacial score (nSPS) is 12.7. The molecule has 7 heteroatoms. The van der Waals surface area contributed by atoms with Crippen molar-refractivity contribution in [3.63, 3.8) is 0 Å². The van der Waals surface area contributed by atoms with Crippen LogP contribution in [0.5, 0.6) is 0 Å². The van der Waals surface area contributed by atoms with Gasteiger partial charge in [-0.1, -0.05) is 11.6 Å². The van der Waals surface area contributed by atoms with Crippen molar-refractivity contribution in [1.29, 1.82) is 0 Å². The number of pyridine rings is 1. The highest BCUT2D eigenvalue weighted by atomic mass is 35.5. The molecule has 1 atom stereocenters. The van der Waals surface area contributed by atoms with E-state index < -0.39 is 11.9 Å². The molecule has 0 radical (unpaired) electrons. The third kappa shape index (κ3) is 4.70. The summed E-state index contributed by atoms with van der Waals surface area (Å²) in [4.78, 5) is 27.7. The molecule has 0 aromatic carbocycles.